The van der Waals surface area contributed by atoms with Crippen LogP contribution in [-0.4, -0.2) is 23.8 Å². The highest BCUT2D eigenvalue weighted by Crippen LogP contribution is 2.62. The Balaban J connectivity index is 2.23. The average Bonchev–Trinajstić information content (AvgIpc) is 2.67. The first kappa shape index (κ1) is 12.1. The molecule has 0 aromatic rings. The number of carbonyl (C=O) groups excluding carboxylic acids is 1. The quantitative estimate of drug-likeness (QED) is 0.618. The molecule has 3 nitrogen and oxygen atoms in total. The van der Waals surface area contributed by atoms with Crippen LogP contribution in [0.4, 0.5) is 0 Å². The molecule has 2 atom stereocenters. The number of hydrogen-bond donors (Lipinski definition) is 0. The van der Waals surface area contributed by atoms with E-state index < -0.39 is 16.8 Å². The standard InChI is InChI=1S/C15H20O3/c1-9-6-7-15-11(3)10(2)12(16)14(9,15)8-17-13(4,5)18-15/h6H,7-8H2,1-5H3/t14-,15-/m0/s1. The molecule has 3 heteroatoms. The highest BCUT2D eigenvalue weighted by molar-refractivity contribution is 6.07. The van der Waals surface area contributed by atoms with Crippen LogP contribution in [-0.2, 0) is 14.3 Å². The number of hydrogen-bond acceptors (Lipinski definition) is 3. The number of carbonyl (C=O) groups is 1. The second kappa shape index (κ2) is 3.14. The molecule has 0 aromatic heterocycles. The molecule has 0 amide bonds. The largest absolute Gasteiger partial charge is 0.349 e. The minimum Gasteiger partial charge on any atom is -0.349 e. The van der Waals surface area contributed by atoms with Crippen LogP contribution < -0.4 is 0 Å². The van der Waals surface area contributed by atoms with E-state index in [2.05, 4.69) is 6.08 Å². The Hall–Kier alpha value is -0.930. The molecule has 0 unspecified atom stereocenters. The molecule has 1 heterocycles. The molecule has 3 aliphatic rings. The van der Waals surface area contributed by atoms with Gasteiger partial charge in [0.05, 0.1) is 6.61 Å². The van der Waals surface area contributed by atoms with E-state index in [1.54, 1.807) is 0 Å². The maximum atomic E-state index is 12.7. The smallest absolute Gasteiger partial charge is 0.174 e. The van der Waals surface area contributed by atoms with Crippen LogP contribution in [0.25, 0.3) is 0 Å². The molecular weight excluding hydrogens is 228 g/mol. The second-order valence-corrected chi connectivity index (χ2v) is 6.19. The van der Waals surface area contributed by atoms with E-state index >= 15 is 0 Å². The Bertz CT molecular complexity index is 512. The van der Waals surface area contributed by atoms with Crippen molar-refractivity contribution < 1.29 is 14.3 Å². The van der Waals surface area contributed by atoms with Gasteiger partial charge < -0.3 is 9.47 Å². The molecule has 98 valence electrons. The van der Waals surface area contributed by atoms with Crippen molar-refractivity contribution in [2.75, 3.05) is 6.61 Å². The van der Waals surface area contributed by atoms with Crippen LogP contribution >= 0.6 is 0 Å². The highest BCUT2D eigenvalue weighted by atomic mass is 16.7. The summed E-state index contributed by atoms with van der Waals surface area (Å²) in [6, 6.07) is 0. The minimum atomic E-state index is -0.631. The van der Waals surface area contributed by atoms with Gasteiger partial charge in [0.25, 0.3) is 0 Å². The molecule has 2 aliphatic carbocycles. The zero-order valence-corrected chi connectivity index (χ0v) is 11.7. The molecule has 0 radical (unpaired) electrons. The van der Waals surface area contributed by atoms with Gasteiger partial charge in [0.2, 0.25) is 0 Å². The Labute approximate surface area is 108 Å². The molecule has 1 aliphatic heterocycles. The van der Waals surface area contributed by atoms with Crippen molar-refractivity contribution >= 4 is 5.78 Å². The van der Waals surface area contributed by atoms with E-state index in [9.17, 15) is 4.79 Å². The minimum absolute atomic E-state index is 0.182. The Morgan fingerprint density at radius 2 is 1.89 bits per heavy atom. The Kier molecular flexibility index (Phi) is 2.12. The summed E-state index contributed by atoms with van der Waals surface area (Å²) in [4.78, 5) is 12.7. The third kappa shape index (κ3) is 1.06. The lowest BCUT2D eigenvalue weighted by molar-refractivity contribution is -0.325. The molecule has 3 rings (SSSR count). The van der Waals surface area contributed by atoms with Crippen molar-refractivity contribution in [3.8, 4) is 0 Å². The summed E-state index contributed by atoms with van der Waals surface area (Å²) >= 11 is 0. The lowest BCUT2D eigenvalue weighted by Crippen LogP contribution is -2.61. The topological polar surface area (TPSA) is 35.5 Å². The molecule has 0 saturated carbocycles. The van der Waals surface area contributed by atoms with Gasteiger partial charge in [-0.05, 0) is 45.8 Å². The van der Waals surface area contributed by atoms with Gasteiger partial charge in [-0.15, -0.1) is 0 Å². The van der Waals surface area contributed by atoms with Gasteiger partial charge in [0, 0.05) is 6.42 Å². The molecule has 0 aromatic carbocycles. The van der Waals surface area contributed by atoms with Gasteiger partial charge in [-0.3, -0.25) is 4.79 Å². The summed E-state index contributed by atoms with van der Waals surface area (Å²) in [5.74, 6) is -0.449. The highest BCUT2D eigenvalue weighted by Gasteiger charge is 2.70. The SMILES string of the molecule is CC1=CC[C@@]23OC(C)(C)OC[C@@]12C(=O)C(C)=C3C. The monoisotopic (exact) mass is 248 g/mol. The van der Waals surface area contributed by atoms with Gasteiger partial charge >= 0.3 is 0 Å². The van der Waals surface area contributed by atoms with E-state index in [-0.39, 0.29) is 5.78 Å². The molecule has 1 saturated heterocycles. The van der Waals surface area contributed by atoms with Crippen LogP contribution in [0, 0.1) is 5.41 Å². The van der Waals surface area contributed by atoms with Gasteiger partial charge in [0.1, 0.15) is 11.0 Å². The van der Waals surface area contributed by atoms with Crippen molar-refractivity contribution in [2.24, 2.45) is 5.41 Å². The van der Waals surface area contributed by atoms with Crippen molar-refractivity contribution in [3.63, 3.8) is 0 Å². The normalized spacial score (nSPS) is 41.8. The third-order valence-corrected chi connectivity index (χ3v) is 5.01. The summed E-state index contributed by atoms with van der Waals surface area (Å²) in [6.07, 6.45) is 2.92. The van der Waals surface area contributed by atoms with Crippen molar-refractivity contribution in [1.82, 2.24) is 0 Å². The second-order valence-electron chi connectivity index (χ2n) is 6.19. The molecule has 18 heavy (non-hydrogen) atoms. The fourth-order valence-electron chi connectivity index (χ4n) is 3.83. The lowest BCUT2D eigenvalue weighted by Gasteiger charge is -2.51. The van der Waals surface area contributed by atoms with Crippen molar-refractivity contribution in [3.05, 3.63) is 22.8 Å². The first-order valence-electron chi connectivity index (χ1n) is 6.51. The van der Waals surface area contributed by atoms with Gasteiger partial charge in [-0.1, -0.05) is 11.6 Å². The predicted octanol–water partition coefficient (Wildman–Crippen LogP) is 2.76. The number of allylic oxidation sites excluding steroid dienone is 1. The maximum Gasteiger partial charge on any atom is 0.174 e. The van der Waals surface area contributed by atoms with Crippen LogP contribution in [0.15, 0.2) is 22.8 Å². The summed E-state index contributed by atoms with van der Waals surface area (Å²) in [6.45, 7) is 10.2. The van der Waals surface area contributed by atoms with Crippen LogP contribution in [0.1, 0.15) is 41.0 Å². The van der Waals surface area contributed by atoms with Crippen LogP contribution in [0.3, 0.4) is 0 Å². The van der Waals surface area contributed by atoms with Gasteiger partial charge in [-0.25, -0.2) is 0 Å². The van der Waals surface area contributed by atoms with Crippen molar-refractivity contribution in [2.45, 2.75) is 52.4 Å². The van der Waals surface area contributed by atoms with Crippen molar-refractivity contribution in [1.29, 1.82) is 0 Å². The van der Waals surface area contributed by atoms with Crippen LogP contribution in [0.5, 0.6) is 0 Å². The maximum absolute atomic E-state index is 12.7. The zero-order chi connectivity index (χ0) is 13.3. The first-order chi connectivity index (χ1) is 8.27. The van der Waals surface area contributed by atoms with E-state index in [0.717, 1.165) is 23.1 Å². The molecule has 1 fully saturated rings. The van der Waals surface area contributed by atoms with Crippen LogP contribution in [0.2, 0.25) is 0 Å². The molecule has 0 N–H and O–H groups in total. The Morgan fingerprint density at radius 3 is 2.56 bits per heavy atom. The van der Waals surface area contributed by atoms with Gasteiger partial charge in [-0.2, -0.15) is 0 Å². The Morgan fingerprint density at radius 1 is 1.22 bits per heavy atom. The fraction of sp³-hybridized carbons (Fsp3) is 0.667. The number of ether oxygens (including phenoxy) is 2. The predicted molar refractivity (Wildman–Crippen MR) is 68.0 cm³/mol. The van der Waals surface area contributed by atoms with Gasteiger partial charge in [0.15, 0.2) is 11.6 Å². The summed E-state index contributed by atoms with van der Waals surface area (Å²) in [5.41, 5.74) is 1.93. The summed E-state index contributed by atoms with van der Waals surface area (Å²) in [7, 11) is 0. The first-order valence-corrected chi connectivity index (χ1v) is 6.51. The molecule has 0 bridgehead atoms. The summed E-state index contributed by atoms with van der Waals surface area (Å²) < 4.78 is 12.1. The van der Waals surface area contributed by atoms with E-state index in [0.29, 0.717) is 6.61 Å². The molecular formula is C15H20O3. The van der Waals surface area contributed by atoms with E-state index in [4.69, 9.17) is 9.47 Å². The lowest BCUT2D eigenvalue weighted by atomic mass is 9.69. The van der Waals surface area contributed by atoms with E-state index in [1.165, 1.54) is 0 Å². The summed E-state index contributed by atoms with van der Waals surface area (Å²) in [5, 5.41) is 0. The average molecular weight is 248 g/mol. The zero-order valence-electron chi connectivity index (χ0n) is 11.7. The number of ketones is 1. The number of Topliss-reactive ketones (excluding diaryl/α,β-unsaturated/α-hetero) is 1. The number of rotatable bonds is 0. The van der Waals surface area contributed by atoms with E-state index in [1.807, 2.05) is 34.6 Å². The fourth-order valence-corrected chi connectivity index (χ4v) is 3.83. The molecule has 0 spiro atoms. The third-order valence-electron chi connectivity index (χ3n) is 5.01.